The van der Waals surface area contributed by atoms with Gasteiger partial charge in [-0.15, -0.1) is 0 Å². The van der Waals surface area contributed by atoms with E-state index >= 15 is 0 Å². The molecule has 0 saturated carbocycles. The van der Waals surface area contributed by atoms with Crippen LogP contribution in [0.15, 0.2) is 30.3 Å². The van der Waals surface area contributed by atoms with Crippen molar-refractivity contribution >= 4 is 0 Å². The average Bonchev–Trinajstić information content (AvgIpc) is 2.43. The third kappa shape index (κ3) is 4.96. The van der Waals surface area contributed by atoms with E-state index in [-0.39, 0.29) is 5.41 Å². The Morgan fingerprint density at radius 2 is 1.79 bits per heavy atom. The van der Waals surface area contributed by atoms with Crippen LogP contribution in [-0.2, 0) is 10.2 Å². The highest BCUT2D eigenvalue weighted by atomic mass is 16.5. The summed E-state index contributed by atoms with van der Waals surface area (Å²) < 4.78 is 5.79. The lowest BCUT2D eigenvalue weighted by Crippen LogP contribution is -2.48. The fraction of sp³-hybridized carbons (Fsp3) is 0.647. The molecular formula is C17H29NO. The van der Waals surface area contributed by atoms with Crippen molar-refractivity contribution in [2.75, 3.05) is 19.8 Å². The first-order valence-electron chi connectivity index (χ1n) is 7.49. The van der Waals surface area contributed by atoms with Crippen LogP contribution in [0.1, 0.15) is 46.1 Å². The molecule has 108 valence electrons. The van der Waals surface area contributed by atoms with Gasteiger partial charge in [-0.05, 0) is 24.9 Å². The molecule has 2 heteroatoms. The van der Waals surface area contributed by atoms with Crippen molar-refractivity contribution in [2.24, 2.45) is 0 Å². The van der Waals surface area contributed by atoms with E-state index in [9.17, 15) is 0 Å². The van der Waals surface area contributed by atoms with Crippen molar-refractivity contribution < 1.29 is 4.74 Å². The molecule has 0 saturated heterocycles. The van der Waals surface area contributed by atoms with Gasteiger partial charge in [-0.25, -0.2) is 0 Å². The lowest BCUT2D eigenvalue weighted by Gasteiger charge is -2.35. The number of nitrogens with one attached hydrogen (secondary N) is 1. The molecule has 2 nitrogen and oxygen atoms in total. The van der Waals surface area contributed by atoms with E-state index in [1.54, 1.807) is 0 Å². The molecule has 0 heterocycles. The summed E-state index contributed by atoms with van der Waals surface area (Å²) in [6, 6.07) is 11.1. The normalized spacial score (nSPS) is 13.5. The minimum atomic E-state index is 0.0736. The van der Waals surface area contributed by atoms with E-state index < -0.39 is 0 Å². The molecule has 1 rings (SSSR count). The summed E-state index contributed by atoms with van der Waals surface area (Å²) in [5, 5.41) is 3.64. The summed E-state index contributed by atoms with van der Waals surface area (Å²) >= 11 is 0. The van der Waals surface area contributed by atoms with E-state index in [1.165, 1.54) is 5.56 Å². The summed E-state index contributed by atoms with van der Waals surface area (Å²) in [6.07, 6.45) is 2.22. The van der Waals surface area contributed by atoms with Gasteiger partial charge in [0.15, 0.2) is 0 Å². The van der Waals surface area contributed by atoms with E-state index in [0.29, 0.717) is 6.04 Å². The molecule has 19 heavy (non-hydrogen) atoms. The summed E-state index contributed by atoms with van der Waals surface area (Å²) in [7, 11) is 0. The van der Waals surface area contributed by atoms with Gasteiger partial charge >= 0.3 is 0 Å². The molecule has 1 unspecified atom stereocenters. The number of benzene rings is 1. The van der Waals surface area contributed by atoms with Gasteiger partial charge in [0, 0.05) is 18.1 Å². The second kappa shape index (κ2) is 8.34. The van der Waals surface area contributed by atoms with Gasteiger partial charge in [0.2, 0.25) is 0 Å². The third-order valence-electron chi connectivity index (χ3n) is 3.66. The molecule has 0 aromatic heterocycles. The maximum absolute atomic E-state index is 5.79. The highest BCUT2D eigenvalue weighted by Crippen LogP contribution is 2.27. The Hall–Kier alpha value is -0.860. The SMILES string of the molecule is CCCNC(COCCC)C(C)(C)c1ccccc1. The van der Waals surface area contributed by atoms with Crippen LogP contribution >= 0.6 is 0 Å². The third-order valence-corrected chi connectivity index (χ3v) is 3.66. The molecule has 1 atom stereocenters. The topological polar surface area (TPSA) is 21.3 Å². The Bertz CT molecular complexity index is 334. The van der Waals surface area contributed by atoms with Crippen molar-refractivity contribution in [3.63, 3.8) is 0 Å². The number of ether oxygens (including phenoxy) is 1. The van der Waals surface area contributed by atoms with Crippen LogP contribution in [0, 0.1) is 0 Å². The first-order chi connectivity index (χ1) is 9.12. The lowest BCUT2D eigenvalue weighted by molar-refractivity contribution is 0.0903. The first kappa shape index (κ1) is 16.2. The van der Waals surface area contributed by atoms with Gasteiger partial charge in [0.1, 0.15) is 0 Å². The second-order valence-corrected chi connectivity index (χ2v) is 5.67. The molecule has 1 aromatic carbocycles. The summed E-state index contributed by atoms with van der Waals surface area (Å²) in [6.45, 7) is 11.6. The summed E-state index contributed by atoms with van der Waals surface area (Å²) in [4.78, 5) is 0. The highest BCUT2D eigenvalue weighted by Gasteiger charge is 2.30. The summed E-state index contributed by atoms with van der Waals surface area (Å²) in [5.74, 6) is 0. The van der Waals surface area contributed by atoms with Crippen LogP contribution in [0.25, 0.3) is 0 Å². The molecular weight excluding hydrogens is 234 g/mol. The Labute approximate surface area is 118 Å². The Balaban J connectivity index is 2.75. The van der Waals surface area contributed by atoms with E-state index in [2.05, 4.69) is 63.3 Å². The van der Waals surface area contributed by atoms with Crippen molar-refractivity contribution in [3.05, 3.63) is 35.9 Å². The quantitative estimate of drug-likeness (QED) is 0.685. The molecule has 0 aliphatic heterocycles. The molecule has 0 aliphatic carbocycles. The standard InChI is InChI=1S/C17H29NO/c1-5-12-18-16(14-19-13-6-2)17(3,4)15-10-8-7-9-11-15/h7-11,16,18H,5-6,12-14H2,1-4H3. The van der Waals surface area contributed by atoms with Gasteiger partial charge in [-0.3, -0.25) is 0 Å². The molecule has 1 N–H and O–H groups in total. The smallest absolute Gasteiger partial charge is 0.0628 e. The van der Waals surface area contributed by atoms with Gasteiger partial charge < -0.3 is 10.1 Å². The monoisotopic (exact) mass is 263 g/mol. The van der Waals surface area contributed by atoms with Crippen LogP contribution in [0.4, 0.5) is 0 Å². The first-order valence-corrected chi connectivity index (χ1v) is 7.49. The van der Waals surface area contributed by atoms with Crippen molar-refractivity contribution in [1.29, 1.82) is 0 Å². The lowest BCUT2D eigenvalue weighted by atomic mass is 9.78. The Morgan fingerprint density at radius 1 is 1.11 bits per heavy atom. The maximum Gasteiger partial charge on any atom is 0.0628 e. The van der Waals surface area contributed by atoms with Crippen LogP contribution in [0.2, 0.25) is 0 Å². The maximum atomic E-state index is 5.79. The molecule has 0 radical (unpaired) electrons. The Morgan fingerprint density at radius 3 is 2.37 bits per heavy atom. The number of hydrogen-bond donors (Lipinski definition) is 1. The Kier molecular flexibility index (Phi) is 7.11. The molecule has 0 bridgehead atoms. The van der Waals surface area contributed by atoms with E-state index in [4.69, 9.17) is 4.74 Å². The number of hydrogen-bond acceptors (Lipinski definition) is 2. The molecule has 1 aromatic rings. The van der Waals surface area contributed by atoms with Gasteiger partial charge in [-0.2, -0.15) is 0 Å². The predicted octanol–water partition coefficient (Wildman–Crippen LogP) is 3.76. The average molecular weight is 263 g/mol. The minimum Gasteiger partial charge on any atom is -0.380 e. The predicted molar refractivity (Wildman–Crippen MR) is 82.7 cm³/mol. The van der Waals surface area contributed by atoms with Crippen LogP contribution in [-0.4, -0.2) is 25.8 Å². The fourth-order valence-electron chi connectivity index (χ4n) is 2.26. The van der Waals surface area contributed by atoms with Crippen molar-refractivity contribution in [2.45, 2.75) is 52.0 Å². The highest BCUT2D eigenvalue weighted by molar-refractivity contribution is 5.25. The van der Waals surface area contributed by atoms with E-state index in [1.807, 2.05) is 0 Å². The van der Waals surface area contributed by atoms with Crippen LogP contribution < -0.4 is 5.32 Å². The van der Waals surface area contributed by atoms with Crippen LogP contribution in [0.5, 0.6) is 0 Å². The van der Waals surface area contributed by atoms with Gasteiger partial charge in [0.05, 0.1) is 6.61 Å². The minimum absolute atomic E-state index is 0.0736. The summed E-state index contributed by atoms with van der Waals surface area (Å²) in [5.41, 5.74) is 1.44. The van der Waals surface area contributed by atoms with Crippen molar-refractivity contribution in [1.82, 2.24) is 5.32 Å². The van der Waals surface area contributed by atoms with Gasteiger partial charge in [0.25, 0.3) is 0 Å². The zero-order chi connectivity index (χ0) is 14.1. The second-order valence-electron chi connectivity index (χ2n) is 5.67. The largest absolute Gasteiger partial charge is 0.380 e. The fourth-order valence-corrected chi connectivity index (χ4v) is 2.26. The van der Waals surface area contributed by atoms with Crippen molar-refractivity contribution in [3.8, 4) is 0 Å². The van der Waals surface area contributed by atoms with E-state index in [0.717, 1.165) is 32.6 Å². The van der Waals surface area contributed by atoms with Gasteiger partial charge in [-0.1, -0.05) is 58.0 Å². The zero-order valence-corrected chi connectivity index (χ0v) is 12.9. The molecule has 0 fully saturated rings. The zero-order valence-electron chi connectivity index (χ0n) is 12.9. The number of rotatable bonds is 9. The van der Waals surface area contributed by atoms with Crippen LogP contribution in [0.3, 0.4) is 0 Å². The molecule has 0 aliphatic rings. The molecule has 0 spiro atoms. The molecule has 0 amide bonds.